The summed E-state index contributed by atoms with van der Waals surface area (Å²) in [7, 11) is 0. The number of furan rings is 1. The van der Waals surface area contributed by atoms with Crippen molar-refractivity contribution in [1.82, 2.24) is 5.32 Å². The summed E-state index contributed by atoms with van der Waals surface area (Å²) in [6, 6.07) is 10.1. The van der Waals surface area contributed by atoms with E-state index in [4.69, 9.17) is 9.15 Å². The number of carbonyl (C=O) groups excluding carboxylic acids is 1. The molecule has 0 aliphatic carbocycles. The first-order chi connectivity index (χ1) is 9.70. The smallest absolute Gasteiger partial charge is 0.305 e. The van der Waals surface area contributed by atoms with Crippen LogP contribution in [0, 0.1) is 0 Å². The third-order valence-corrected chi connectivity index (χ3v) is 3.18. The van der Waals surface area contributed by atoms with Crippen LogP contribution in [0.25, 0.3) is 11.0 Å². The number of fused-ring (bicyclic) bond motifs is 1. The maximum Gasteiger partial charge on any atom is 0.305 e. The van der Waals surface area contributed by atoms with Crippen molar-refractivity contribution in [3.8, 4) is 0 Å². The highest BCUT2D eigenvalue weighted by Gasteiger charge is 2.10. The van der Waals surface area contributed by atoms with Crippen LogP contribution in [0.4, 0.5) is 0 Å². The van der Waals surface area contributed by atoms with E-state index >= 15 is 0 Å². The zero-order chi connectivity index (χ0) is 14.4. The third kappa shape index (κ3) is 3.84. The fourth-order valence-electron chi connectivity index (χ4n) is 2.10. The molecule has 1 aromatic heterocycles. The van der Waals surface area contributed by atoms with E-state index in [-0.39, 0.29) is 12.0 Å². The normalized spacial score (nSPS) is 12.5. The summed E-state index contributed by atoms with van der Waals surface area (Å²) in [4.78, 5) is 11.2. The highest BCUT2D eigenvalue weighted by Crippen LogP contribution is 2.23. The number of para-hydroxylation sites is 1. The van der Waals surface area contributed by atoms with E-state index in [0.29, 0.717) is 13.0 Å². The summed E-state index contributed by atoms with van der Waals surface area (Å²) in [6.07, 6.45) is 1.22. The Morgan fingerprint density at radius 3 is 2.95 bits per heavy atom. The third-order valence-electron chi connectivity index (χ3n) is 3.18. The quantitative estimate of drug-likeness (QED) is 0.621. The van der Waals surface area contributed by atoms with Gasteiger partial charge < -0.3 is 14.5 Å². The average molecular weight is 275 g/mol. The molecule has 1 N–H and O–H groups in total. The summed E-state index contributed by atoms with van der Waals surface area (Å²) in [5.74, 6) is 0.785. The van der Waals surface area contributed by atoms with E-state index in [2.05, 4.69) is 18.3 Å². The molecule has 2 aromatic rings. The molecule has 0 saturated heterocycles. The van der Waals surface area contributed by atoms with Crippen LogP contribution in [-0.2, 0) is 9.53 Å². The van der Waals surface area contributed by atoms with Gasteiger partial charge in [0, 0.05) is 11.8 Å². The number of ether oxygens (including phenoxy) is 1. The molecule has 1 aromatic carbocycles. The lowest BCUT2D eigenvalue weighted by Gasteiger charge is -2.10. The zero-order valence-corrected chi connectivity index (χ0v) is 12.0. The molecule has 4 heteroatoms. The van der Waals surface area contributed by atoms with Crippen molar-refractivity contribution in [3.63, 3.8) is 0 Å². The minimum atomic E-state index is -0.134. The molecule has 1 unspecified atom stereocenters. The Morgan fingerprint density at radius 2 is 2.20 bits per heavy atom. The van der Waals surface area contributed by atoms with Gasteiger partial charge in [0.25, 0.3) is 0 Å². The monoisotopic (exact) mass is 275 g/mol. The van der Waals surface area contributed by atoms with Crippen LogP contribution in [-0.4, -0.2) is 19.1 Å². The highest BCUT2D eigenvalue weighted by atomic mass is 16.5. The first-order valence-corrected chi connectivity index (χ1v) is 7.08. The lowest BCUT2D eigenvalue weighted by Crippen LogP contribution is -2.20. The molecule has 0 spiro atoms. The SMILES string of the molecule is CCOC(=O)CCCNC(C)c1cc2ccccc2o1. The van der Waals surface area contributed by atoms with Gasteiger partial charge in [0.05, 0.1) is 12.6 Å². The average Bonchev–Trinajstić information content (AvgIpc) is 2.87. The highest BCUT2D eigenvalue weighted by molar-refractivity contribution is 5.77. The Balaban J connectivity index is 1.80. The number of benzene rings is 1. The van der Waals surface area contributed by atoms with Crippen LogP contribution in [0.15, 0.2) is 34.7 Å². The fourth-order valence-corrected chi connectivity index (χ4v) is 2.10. The van der Waals surface area contributed by atoms with Gasteiger partial charge in [-0.1, -0.05) is 18.2 Å². The van der Waals surface area contributed by atoms with Gasteiger partial charge in [-0.25, -0.2) is 0 Å². The molecule has 0 amide bonds. The Hall–Kier alpha value is -1.81. The molecule has 108 valence electrons. The van der Waals surface area contributed by atoms with Crippen LogP contribution >= 0.6 is 0 Å². The molecule has 0 fully saturated rings. The van der Waals surface area contributed by atoms with Gasteiger partial charge in [0.2, 0.25) is 0 Å². The zero-order valence-electron chi connectivity index (χ0n) is 12.0. The number of hydrogen-bond acceptors (Lipinski definition) is 4. The molecule has 0 bridgehead atoms. The number of rotatable bonds is 7. The molecule has 20 heavy (non-hydrogen) atoms. The van der Waals surface area contributed by atoms with Crippen molar-refractivity contribution < 1.29 is 13.9 Å². The lowest BCUT2D eigenvalue weighted by atomic mass is 10.2. The van der Waals surface area contributed by atoms with Gasteiger partial charge in [0.1, 0.15) is 11.3 Å². The predicted octanol–water partition coefficient (Wildman–Crippen LogP) is 3.43. The van der Waals surface area contributed by atoms with Crippen LogP contribution in [0.3, 0.4) is 0 Å². The van der Waals surface area contributed by atoms with Crippen molar-refractivity contribution in [1.29, 1.82) is 0 Å². The lowest BCUT2D eigenvalue weighted by molar-refractivity contribution is -0.143. The van der Waals surface area contributed by atoms with Gasteiger partial charge >= 0.3 is 5.97 Å². The van der Waals surface area contributed by atoms with Crippen molar-refractivity contribution in [2.45, 2.75) is 32.7 Å². The molecule has 1 heterocycles. The van der Waals surface area contributed by atoms with E-state index < -0.39 is 0 Å². The molecule has 2 rings (SSSR count). The van der Waals surface area contributed by atoms with E-state index in [1.165, 1.54) is 0 Å². The Morgan fingerprint density at radius 1 is 1.40 bits per heavy atom. The molecular weight excluding hydrogens is 254 g/mol. The van der Waals surface area contributed by atoms with Gasteiger partial charge in [-0.05, 0) is 38.9 Å². The Labute approximate surface area is 119 Å². The standard InChI is InChI=1S/C16H21NO3/c1-3-19-16(18)9-6-10-17-12(2)15-11-13-7-4-5-8-14(13)20-15/h4-5,7-8,11-12,17H,3,6,9-10H2,1-2H3. The summed E-state index contributed by atoms with van der Waals surface area (Å²) >= 11 is 0. The van der Waals surface area contributed by atoms with E-state index in [1.54, 1.807) is 0 Å². The van der Waals surface area contributed by atoms with Crippen LogP contribution in [0.5, 0.6) is 0 Å². The first-order valence-electron chi connectivity index (χ1n) is 7.08. The van der Waals surface area contributed by atoms with Crippen molar-refractivity contribution >= 4 is 16.9 Å². The second kappa shape index (κ2) is 7.10. The van der Waals surface area contributed by atoms with Crippen molar-refractivity contribution in [2.75, 3.05) is 13.2 Å². The number of carbonyl (C=O) groups is 1. The van der Waals surface area contributed by atoms with Gasteiger partial charge in [-0.2, -0.15) is 0 Å². The maximum atomic E-state index is 11.2. The molecule has 4 nitrogen and oxygen atoms in total. The summed E-state index contributed by atoms with van der Waals surface area (Å²) in [5, 5.41) is 4.47. The molecule has 0 saturated carbocycles. The summed E-state index contributed by atoms with van der Waals surface area (Å²) in [5.41, 5.74) is 0.905. The topological polar surface area (TPSA) is 51.5 Å². The largest absolute Gasteiger partial charge is 0.466 e. The van der Waals surface area contributed by atoms with Gasteiger partial charge in [0.15, 0.2) is 0 Å². The molecule has 1 atom stereocenters. The maximum absolute atomic E-state index is 11.2. The van der Waals surface area contributed by atoms with E-state index in [9.17, 15) is 4.79 Å². The first kappa shape index (κ1) is 14.6. The fraction of sp³-hybridized carbons (Fsp3) is 0.438. The predicted molar refractivity (Wildman–Crippen MR) is 78.5 cm³/mol. The number of hydrogen-bond donors (Lipinski definition) is 1. The minimum Gasteiger partial charge on any atom is -0.466 e. The second-order valence-electron chi connectivity index (χ2n) is 4.77. The van der Waals surface area contributed by atoms with E-state index in [0.717, 1.165) is 29.7 Å². The summed E-state index contributed by atoms with van der Waals surface area (Å²) in [6.45, 7) is 5.08. The van der Waals surface area contributed by atoms with E-state index in [1.807, 2.05) is 31.2 Å². The molecule has 0 aliphatic rings. The molecule has 0 radical (unpaired) electrons. The second-order valence-corrected chi connectivity index (χ2v) is 4.77. The molecule has 0 aliphatic heterocycles. The van der Waals surface area contributed by atoms with Gasteiger partial charge in [-0.3, -0.25) is 4.79 Å². The van der Waals surface area contributed by atoms with Crippen molar-refractivity contribution in [3.05, 3.63) is 36.1 Å². The van der Waals surface area contributed by atoms with Crippen LogP contribution in [0.2, 0.25) is 0 Å². The van der Waals surface area contributed by atoms with Crippen LogP contribution in [0.1, 0.15) is 38.5 Å². The molecular formula is C16H21NO3. The number of esters is 1. The van der Waals surface area contributed by atoms with Crippen LogP contribution < -0.4 is 5.32 Å². The Kier molecular flexibility index (Phi) is 5.18. The summed E-state index contributed by atoms with van der Waals surface area (Å²) < 4.78 is 10.7. The van der Waals surface area contributed by atoms with Crippen molar-refractivity contribution in [2.24, 2.45) is 0 Å². The minimum absolute atomic E-state index is 0.129. The Bertz CT molecular complexity index is 529. The number of nitrogens with one attached hydrogen (secondary N) is 1. The van der Waals surface area contributed by atoms with Gasteiger partial charge in [-0.15, -0.1) is 0 Å².